The molecular weight excluding hydrogens is 345 g/mol. The zero-order valence-corrected chi connectivity index (χ0v) is 14.2. The van der Waals surface area contributed by atoms with Gasteiger partial charge in [0.1, 0.15) is 10.8 Å². The van der Waals surface area contributed by atoms with E-state index in [1.165, 1.54) is 23.9 Å². The Kier molecular flexibility index (Phi) is 5.55. The average Bonchev–Trinajstić information content (AvgIpc) is 3.08. The number of amides is 1. The molecule has 7 heteroatoms. The summed E-state index contributed by atoms with van der Waals surface area (Å²) in [4.78, 5) is 12.9. The number of nitrogens with one attached hydrogen (secondary N) is 1. The van der Waals surface area contributed by atoms with Gasteiger partial charge in [0.05, 0.1) is 6.42 Å². The summed E-state index contributed by atoms with van der Waals surface area (Å²) in [6, 6.07) is 13.7. The van der Waals surface area contributed by atoms with Gasteiger partial charge in [-0.1, -0.05) is 30.0 Å². The van der Waals surface area contributed by atoms with Crippen LogP contribution >= 0.6 is 23.1 Å². The normalized spacial score (nSPS) is 10.5. The van der Waals surface area contributed by atoms with Gasteiger partial charge in [-0.05, 0) is 41.3 Å². The standard InChI is InChI=1S/C17H14FN3OS2/c18-13-5-3-12(4-6-13)11-24-17-8-7-15(20-21-17)19-16(22)10-14-2-1-9-23-14/h1-9H,10-11H2,(H,19,20,22). The van der Waals surface area contributed by atoms with Crippen LogP contribution in [0.4, 0.5) is 10.2 Å². The summed E-state index contributed by atoms with van der Waals surface area (Å²) >= 11 is 3.05. The van der Waals surface area contributed by atoms with Crippen molar-refractivity contribution in [2.24, 2.45) is 0 Å². The second-order valence-corrected chi connectivity index (χ2v) is 7.00. The lowest BCUT2D eigenvalue weighted by Gasteiger charge is -2.04. The van der Waals surface area contributed by atoms with Crippen LogP contribution in [0.1, 0.15) is 10.4 Å². The molecule has 122 valence electrons. The summed E-state index contributed by atoms with van der Waals surface area (Å²) in [6.45, 7) is 0. The van der Waals surface area contributed by atoms with Crippen LogP contribution < -0.4 is 5.32 Å². The third-order valence-electron chi connectivity index (χ3n) is 3.12. The highest BCUT2D eigenvalue weighted by atomic mass is 32.2. The summed E-state index contributed by atoms with van der Waals surface area (Å²) in [5.41, 5.74) is 1.01. The van der Waals surface area contributed by atoms with Crippen molar-refractivity contribution in [2.75, 3.05) is 5.32 Å². The number of thiophene rings is 1. The number of thioether (sulfide) groups is 1. The molecule has 4 nitrogen and oxygen atoms in total. The Morgan fingerprint density at radius 3 is 2.62 bits per heavy atom. The number of rotatable bonds is 6. The van der Waals surface area contributed by atoms with Crippen molar-refractivity contribution in [3.63, 3.8) is 0 Å². The van der Waals surface area contributed by atoms with Crippen LogP contribution in [-0.4, -0.2) is 16.1 Å². The van der Waals surface area contributed by atoms with E-state index in [0.29, 0.717) is 18.0 Å². The van der Waals surface area contributed by atoms with E-state index in [1.807, 2.05) is 23.6 Å². The smallest absolute Gasteiger partial charge is 0.230 e. The molecule has 0 spiro atoms. The lowest BCUT2D eigenvalue weighted by molar-refractivity contribution is -0.115. The molecule has 0 aliphatic heterocycles. The summed E-state index contributed by atoms with van der Waals surface area (Å²) in [5, 5.41) is 13.5. The summed E-state index contributed by atoms with van der Waals surface area (Å²) in [5.74, 6) is 0.756. The van der Waals surface area contributed by atoms with Crippen molar-refractivity contribution in [2.45, 2.75) is 17.2 Å². The second kappa shape index (κ2) is 8.03. The van der Waals surface area contributed by atoms with Crippen molar-refractivity contribution in [3.05, 3.63) is 70.2 Å². The largest absolute Gasteiger partial charge is 0.309 e. The minimum absolute atomic E-state index is 0.113. The number of halogens is 1. The topological polar surface area (TPSA) is 54.9 Å². The Morgan fingerprint density at radius 1 is 1.12 bits per heavy atom. The average molecular weight is 359 g/mol. The lowest BCUT2D eigenvalue weighted by Crippen LogP contribution is -2.15. The number of carbonyl (C=O) groups is 1. The summed E-state index contributed by atoms with van der Waals surface area (Å²) in [7, 11) is 0. The van der Waals surface area contributed by atoms with Gasteiger partial charge >= 0.3 is 0 Å². The Bertz CT molecular complexity index is 790. The van der Waals surface area contributed by atoms with Crippen LogP contribution in [0.15, 0.2) is 58.9 Å². The number of aromatic nitrogens is 2. The van der Waals surface area contributed by atoms with Crippen LogP contribution in [-0.2, 0) is 17.0 Å². The second-order valence-electron chi connectivity index (χ2n) is 4.98. The van der Waals surface area contributed by atoms with E-state index in [0.717, 1.165) is 15.5 Å². The van der Waals surface area contributed by atoms with Crippen LogP contribution in [0.25, 0.3) is 0 Å². The summed E-state index contributed by atoms with van der Waals surface area (Å²) in [6.07, 6.45) is 0.334. The molecule has 1 aromatic carbocycles. The number of benzene rings is 1. The molecule has 0 fully saturated rings. The fourth-order valence-corrected chi connectivity index (χ4v) is 3.43. The van der Waals surface area contributed by atoms with Crippen LogP contribution in [0.3, 0.4) is 0 Å². The van der Waals surface area contributed by atoms with Crippen LogP contribution in [0.2, 0.25) is 0 Å². The van der Waals surface area contributed by atoms with Gasteiger partial charge in [-0.25, -0.2) is 4.39 Å². The number of nitrogens with zero attached hydrogens (tertiary/aromatic N) is 2. The number of hydrogen-bond acceptors (Lipinski definition) is 5. The molecule has 0 aliphatic rings. The SMILES string of the molecule is O=C(Cc1cccs1)Nc1ccc(SCc2ccc(F)cc2)nn1. The molecule has 1 amide bonds. The quantitative estimate of drug-likeness (QED) is 0.672. The molecule has 0 saturated carbocycles. The molecule has 3 aromatic rings. The molecule has 2 aromatic heterocycles. The first-order valence-electron chi connectivity index (χ1n) is 7.22. The molecule has 0 aliphatic carbocycles. The predicted molar refractivity (Wildman–Crippen MR) is 94.6 cm³/mol. The molecule has 3 rings (SSSR count). The van der Waals surface area contributed by atoms with E-state index >= 15 is 0 Å². The van der Waals surface area contributed by atoms with Crippen LogP contribution in [0.5, 0.6) is 0 Å². The first kappa shape index (κ1) is 16.6. The van der Waals surface area contributed by atoms with Crippen molar-refractivity contribution in [1.29, 1.82) is 0 Å². The predicted octanol–water partition coefficient (Wildman–Crippen LogP) is 4.15. The van der Waals surface area contributed by atoms with Crippen molar-refractivity contribution in [1.82, 2.24) is 10.2 Å². The van der Waals surface area contributed by atoms with Crippen molar-refractivity contribution < 1.29 is 9.18 Å². The van der Waals surface area contributed by atoms with Gasteiger partial charge < -0.3 is 5.32 Å². The van der Waals surface area contributed by atoms with E-state index in [9.17, 15) is 9.18 Å². The number of hydrogen-bond donors (Lipinski definition) is 1. The first-order valence-corrected chi connectivity index (χ1v) is 9.09. The highest BCUT2D eigenvalue weighted by Crippen LogP contribution is 2.21. The molecule has 0 saturated heterocycles. The fraction of sp³-hybridized carbons (Fsp3) is 0.118. The lowest BCUT2D eigenvalue weighted by atomic mass is 10.2. The Morgan fingerprint density at radius 2 is 1.96 bits per heavy atom. The van der Waals surface area contributed by atoms with E-state index in [4.69, 9.17) is 0 Å². The first-order chi connectivity index (χ1) is 11.7. The zero-order chi connectivity index (χ0) is 16.8. The maximum atomic E-state index is 12.9. The number of carbonyl (C=O) groups excluding carboxylic acids is 1. The minimum atomic E-state index is -0.244. The molecule has 0 bridgehead atoms. The molecule has 24 heavy (non-hydrogen) atoms. The van der Waals surface area contributed by atoms with Gasteiger partial charge in [0.25, 0.3) is 0 Å². The Labute approximate surface area is 147 Å². The van der Waals surface area contributed by atoms with Gasteiger partial charge in [-0.3, -0.25) is 4.79 Å². The van der Waals surface area contributed by atoms with Gasteiger partial charge in [0.15, 0.2) is 5.82 Å². The molecule has 0 unspecified atom stereocenters. The minimum Gasteiger partial charge on any atom is -0.309 e. The van der Waals surface area contributed by atoms with Crippen molar-refractivity contribution >= 4 is 34.8 Å². The maximum Gasteiger partial charge on any atom is 0.230 e. The van der Waals surface area contributed by atoms with Gasteiger partial charge in [0, 0.05) is 10.6 Å². The third kappa shape index (κ3) is 4.87. The third-order valence-corrected chi connectivity index (χ3v) is 4.99. The monoisotopic (exact) mass is 359 g/mol. The van der Waals surface area contributed by atoms with Crippen LogP contribution in [0, 0.1) is 5.82 Å². The molecule has 0 atom stereocenters. The van der Waals surface area contributed by atoms with Gasteiger partial charge in [0.2, 0.25) is 5.91 Å². The molecule has 0 radical (unpaired) electrons. The maximum absolute atomic E-state index is 12.9. The zero-order valence-electron chi connectivity index (χ0n) is 12.6. The van der Waals surface area contributed by atoms with E-state index in [1.54, 1.807) is 29.5 Å². The molecule has 1 N–H and O–H groups in total. The van der Waals surface area contributed by atoms with E-state index in [2.05, 4.69) is 15.5 Å². The highest BCUT2D eigenvalue weighted by Gasteiger charge is 2.06. The van der Waals surface area contributed by atoms with E-state index in [-0.39, 0.29) is 11.7 Å². The Hall–Kier alpha value is -2.25. The summed E-state index contributed by atoms with van der Waals surface area (Å²) < 4.78 is 12.9. The number of anilines is 1. The Balaban J connectivity index is 1.51. The van der Waals surface area contributed by atoms with Gasteiger partial charge in [-0.15, -0.1) is 21.5 Å². The highest BCUT2D eigenvalue weighted by molar-refractivity contribution is 7.98. The molecule has 2 heterocycles. The molecular formula is C17H14FN3OS2. The van der Waals surface area contributed by atoms with Crippen molar-refractivity contribution in [3.8, 4) is 0 Å². The van der Waals surface area contributed by atoms with E-state index < -0.39 is 0 Å². The fourth-order valence-electron chi connectivity index (χ4n) is 1.96. The van der Waals surface area contributed by atoms with Gasteiger partial charge in [-0.2, -0.15) is 0 Å².